The minimum absolute atomic E-state index is 0.0913. The van der Waals surface area contributed by atoms with Gasteiger partial charge < -0.3 is 9.88 Å². The fraction of sp³-hybridized carbons (Fsp3) is 0.667. The molecule has 0 aromatic carbocycles. The van der Waals surface area contributed by atoms with Gasteiger partial charge in [-0.2, -0.15) is 17.5 Å². The molecule has 120 valence electrons. The van der Waals surface area contributed by atoms with E-state index in [1.807, 2.05) is 0 Å². The molecule has 2 rings (SSSR count). The molecule has 0 aliphatic heterocycles. The molecule has 0 spiro atoms. The lowest BCUT2D eigenvalue weighted by Crippen LogP contribution is -2.40. The van der Waals surface area contributed by atoms with Gasteiger partial charge in [0.1, 0.15) is 11.4 Å². The number of aryl methyl sites for hydroxylation is 1. The highest BCUT2D eigenvalue weighted by molar-refractivity contribution is 7.89. The molecule has 0 radical (unpaired) electrons. The molecule has 5 nitrogen and oxygen atoms in total. The average Bonchev–Trinajstić information content (AvgIpc) is 3.11. The number of hydrogen-bond acceptors (Lipinski definition) is 3. The maximum absolute atomic E-state index is 12.6. The molecule has 1 aliphatic carbocycles. The molecule has 21 heavy (non-hydrogen) atoms. The lowest BCUT2D eigenvalue weighted by atomic mass is 10.4. The van der Waals surface area contributed by atoms with Crippen molar-refractivity contribution in [1.82, 2.24) is 14.2 Å². The lowest BCUT2D eigenvalue weighted by molar-refractivity contribution is -0.137. The predicted molar refractivity (Wildman–Crippen MR) is 71.1 cm³/mol. The Morgan fingerprint density at radius 2 is 2.05 bits per heavy atom. The van der Waals surface area contributed by atoms with Gasteiger partial charge in [0, 0.05) is 31.5 Å². The third kappa shape index (κ3) is 3.78. The number of nitrogens with zero attached hydrogens (tertiary/aromatic N) is 2. The summed E-state index contributed by atoms with van der Waals surface area (Å²) in [7, 11) is -0.753. The molecule has 0 saturated heterocycles. The zero-order valence-electron chi connectivity index (χ0n) is 11.8. The molecule has 1 N–H and O–H groups in total. The molecule has 0 unspecified atom stereocenters. The second-order valence-electron chi connectivity index (χ2n) is 5.20. The number of sulfonamides is 1. The van der Waals surface area contributed by atoms with Crippen molar-refractivity contribution in [2.24, 2.45) is 7.05 Å². The van der Waals surface area contributed by atoms with Crippen molar-refractivity contribution in [3.63, 3.8) is 0 Å². The molecule has 1 heterocycles. The number of alkyl halides is 3. The van der Waals surface area contributed by atoms with Crippen molar-refractivity contribution in [2.45, 2.75) is 36.5 Å². The Balaban J connectivity index is 2.32. The third-order valence-corrected chi connectivity index (χ3v) is 5.20. The molecule has 0 amide bonds. The first-order valence-electron chi connectivity index (χ1n) is 6.53. The van der Waals surface area contributed by atoms with Crippen LogP contribution in [0, 0.1) is 0 Å². The number of aromatic nitrogens is 1. The molecule has 1 aromatic heterocycles. The summed E-state index contributed by atoms with van der Waals surface area (Å²) in [5.74, 6) is 0. The van der Waals surface area contributed by atoms with Crippen LogP contribution in [0.1, 0.15) is 18.5 Å². The van der Waals surface area contributed by atoms with E-state index in [2.05, 4.69) is 5.32 Å². The van der Waals surface area contributed by atoms with Gasteiger partial charge in [-0.05, 0) is 26.0 Å². The van der Waals surface area contributed by atoms with E-state index in [0.717, 1.165) is 0 Å². The van der Waals surface area contributed by atoms with Gasteiger partial charge in [-0.1, -0.05) is 0 Å². The van der Waals surface area contributed by atoms with Crippen LogP contribution in [0.25, 0.3) is 0 Å². The molecule has 9 heteroatoms. The minimum Gasteiger partial charge on any atom is -0.352 e. The number of halogens is 3. The van der Waals surface area contributed by atoms with Gasteiger partial charge in [-0.25, -0.2) is 8.42 Å². The Morgan fingerprint density at radius 3 is 2.52 bits per heavy atom. The fourth-order valence-corrected chi connectivity index (χ4v) is 3.93. The summed E-state index contributed by atoms with van der Waals surface area (Å²) in [6.45, 7) is -0.995. The van der Waals surface area contributed by atoms with Gasteiger partial charge in [0.2, 0.25) is 10.0 Å². The standard InChI is InChI=1S/C12H18F3N3O2S/c1-16-6-10-5-11(7-17(10)2)21(19,20)18(9-3-4-9)8-12(13,14)15/h5,7,9,16H,3-4,6,8H2,1-2H3. The lowest BCUT2D eigenvalue weighted by Gasteiger charge is -2.22. The van der Waals surface area contributed by atoms with Crippen LogP contribution in [0.15, 0.2) is 17.2 Å². The van der Waals surface area contributed by atoms with Gasteiger partial charge >= 0.3 is 6.18 Å². The molecule has 0 bridgehead atoms. The Morgan fingerprint density at radius 1 is 1.43 bits per heavy atom. The molecule has 1 saturated carbocycles. The number of rotatable bonds is 6. The normalized spacial score (nSPS) is 16.7. The molecular weight excluding hydrogens is 307 g/mol. The van der Waals surface area contributed by atoms with Gasteiger partial charge in [0.05, 0.1) is 0 Å². The first-order valence-corrected chi connectivity index (χ1v) is 7.97. The maximum Gasteiger partial charge on any atom is 0.402 e. The van der Waals surface area contributed by atoms with Crippen molar-refractivity contribution < 1.29 is 21.6 Å². The van der Waals surface area contributed by atoms with Gasteiger partial charge in [0.15, 0.2) is 0 Å². The molecular formula is C12H18F3N3O2S. The van der Waals surface area contributed by atoms with Crippen LogP contribution < -0.4 is 5.32 Å². The summed E-state index contributed by atoms with van der Waals surface area (Å²) in [6.07, 6.45) is -2.23. The minimum atomic E-state index is -4.54. The quantitative estimate of drug-likeness (QED) is 0.861. The van der Waals surface area contributed by atoms with Crippen LogP contribution in [0.2, 0.25) is 0 Å². The highest BCUT2D eigenvalue weighted by Gasteiger charge is 2.45. The second kappa shape index (κ2) is 5.62. The fourth-order valence-electron chi connectivity index (χ4n) is 2.16. The van der Waals surface area contributed by atoms with E-state index >= 15 is 0 Å². The van der Waals surface area contributed by atoms with E-state index in [-0.39, 0.29) is 4.90 Å². The Bertz CT molecular complexity index is 606. The molecule has 0 atom stereocenters. The Labute approximate surface area is 121 Å². The van der Waals surface area contributed by atoms with Crippen LogP contribution in [-0.4, -0.2) is 43.1 Å². The molecule has 1 aromatic rings. The van der Waals surface area contributed by atoms with Crippen molar-refractivity contribution in [2.75, 3.05) is 13.6 Å². The summed E-state index contributed by atoms with van der Waals surface area (Å²) >= 11 is 0. The van der Waals surface area contributed by atoms with Crippen molar-refractivity contribution in [3.8, 4) is 0 Å². The zero-order chi connectivity index (χ0) is 15.8. The van der Waals surface area contributed by atoms with E-state index in [0.29, 0.717) is 29.4 Å². The van der Waals surface area contributed by atoms with E-state index in [4.69, 9.17) is 0 Å². The average molecular weight is 325 g/mol. The van der Waals surface area contributed by atoms with Crippen molar-refractivity contribution >= 4 is 10.0 Å². The monoisotopic (exact) mass is 325 g/mol. The van der Waals surface area contributed by atoms with Gasteiger partial charge in [0.25, 0.3) is 0 Å². The number of nitrogens with one attached hydrogen (secondary N) is 1. The largest absolute Gasteiger partial charge is 0.402 e. The van der Waals surface area contributed by atoms with Crippen LogP contribution in [0.5, 0.6) is 0 Å². The topological polar surface area (TPSA) is 54.3 Å². The van der Waals surface area contributed by atoms with E-state index in [9.17, 15) is 21.6 Å². The number of hydrogen-bond donors (Lipinski definition) is 1. The summed E-state index contributed by atoms with van der Waals surface area (Å²) in [4.78, 5) is -0.0913. The summed E-state index contributed by atoms with van der Waals surface area (Å²) < 4.78 is 65.0. The van der Waals surface area contributed by atoms with Crippen LogP contribution in [0.3, 0.4) is 0 Å². The third-order valence-electron chi connectivity index (χ3n) is 3.34. The highest BCUT2D eigenvalue weighted by Crippen LogP contribution is 2.35. The summed E-state index contributed by atoms with van der Waals surface area (Å²) in [5, 5.41) is 2.88. The van der Waals surface area contributed by atoms with Crippen LogP contribution in [-0.2, 0) is 23.6 Å². The maximum atomic E-state index is 12.6. The molecule has 1 fully saturated rings. The van der Waals surface area contributed by atoms with Crippen LogP contribution in [0.4, 0.5) is 13.2 Å². The van der Waals surface area contributed by atoms with Crippen molar-refractivity contribution in [1.29, 1.82) is 0 Å². The zero-order valence-corrected chi connectivity index (χ0v) is 12.6. The molecule has 1 aliphatic rings. The van der Waals surface area contributed by atoms with Gasteiger partial charge in [-0.3, -0.25) is 0 Å². The first-order chi connectivity index (χ1) is 9.65. The predicted octanol–water partition coefficient (Wildman–Crippen LogP) is 1.46. The van der Waals surface area contributed by atoms with E-state index in [1.165, 1.54) is 12.3 Å². The summed E-state index contributed by atoms with van der Waals surface area (Å²) in [5.41, 5.74) is 0.693. The highest BCUT2D eigenvalue weighted by atomic mass is 32.2. The summed E-state index contributed by atoms with van der Waals surface area (Å²) in [6, 6.07) is 0.877. The SMILES string of the molecule is CNCc1cc(S(=O)(=O)N(CC(F)(F)F)C2CC2)cn1C. The first kappa shape index (κ1) is 16.3. The second-order valence-corrected chi connectivity index (χ2v) is 7.10. The smallest absolute Gasteiger partial charge is 0.352 e. The van der Waals surface area contributed by atoms with E-state index in [1.54, 1.807) is 18.7 Å². The Kier molecular flexibility index (Phi) is 4.36. The Hall–Kier alpha value is -1.06. The van der Waals surface area contributed by atoms with E-state index < -0.39 is 28.8 Å². The van der Waals surface area contributed by atoms with Crippen LogP contribution >= 0.6 is 0 Å². The van der Waals surface area contributed by atoms with Gasteiger partial charge in [-0.15, -0.1) is 0 Å². The van der Waals surface area contributed by atoms with Crippen molar-refractivity contribution in [3.05, 3.63) is 18.0 Å².